The number of nitrogens with two attached hydrogens (primary N) is 2. The SMILES string of the molecule is COc1nc2c3c(c(C(F)(F)F)c(-c4ccc(F)c5sc(N)c(C#N)c45)c(F)c3n1)OCCN2[C@H](C)c1cccnc1N.C[C@@]12CCCN1CC(F)C2. The molecule has 2 saturated heterocycles. The number of aromatic nitrogens is 3. The smallest absolute Gasteiger partial charge is 0.420 e. The van der Waals surface area contributed by atoms with Gasteiger partial charge in [-0.05, 0) is 57.4 Å². The molecule has 5 aromatic rings. The molecule has 6 heterocycles. The fourth-order valence-corrected chi connectivity index (χ4v) is 8.77. The van der Waals surface area contributed by atoms with Crippen molar-refractivity contribution in [1.29, 1.82) is 5.26 Å². The third-order valence-corrected chi connectivity index (χ3v) is 11.3. The molecule has 3 aliphatic heterocycles. The molecule has 4 N–H and O–H groups in total. The monoisotopic (exact) mass is 756 g/mol. The summed E-state index contributed by atoms with van der Waals surface area (Å²) in [7, 11) is 1.23. The Hall–Kier alpha value is -5.08. The van der Waals surface area contributed by atoms with Gasteiger partial charge in [-0.1, -0.05) is 12.1 Å². The number of ether oxygens (including phenoxy) is 2. The number of methoxy groups -OCH3 is 1. The Bertz CT molecular complexity index is 2300. The average Bonchev–Trinajstić information content (AvgIpc) is 3.69. The molecule has 3 aliphatic rings. The summed E-state index contributed by atoms with van der Waals surface area (Å²) in [6.07, 6.45) is -0.995. The van der Waals surface area contributed by atoms with E-state index in [9.17, 15) is 14.0 Å². The second kappa shape index (κ2) is 13.4. The van der Waals surface area contributed by atoms with Crippen LogP contribution in [0.4, 0.5) is 43.0 Å². The van der Waals surface area contributed by atoms with E-state index in [2.05, 4.69) is 26.8 Å². The van der Waals surface area contributed by atoms with Crippen LogP contribution >= 0.6 is 11.3 Å². The summed E-state index contributed by atoms with van der Waals surface area (Å²) in [6, 6.07) is 6.13. The highest BCUT2D eigenvalue weighted by atomic mass is 32.1. The molecule has 278 valence electrons. The van der Waals surface area contributed by atoms with Crippen molar-refractivity contribution in [2.45, 2.75) is 57.0 Å². The Kier molecular flexibility index (Phi) is 9.18. The fraction of sp³-hybridized carbons (Fsp3) is 0.389. The lowest BCUT2D eigenvalue weighted by molar-refractivity contribution is -0.138. The van der Waals surface area contributed by atoms with Crippen LogP contribution < -0.4 is 25.8 Å². The number of nitrogen functional groups attached to an aromatic ring is 2. The van der Waals surface area contributed by atoms with Crippen LogP contribution in [0, 0.1) is 23.0 Å². The van der Waals surface area contributed by atoms with Crippen LogP contribution in [0.2, 0.25) is 0 Å². The molecule has 3 aromatic heterocycles. The fourth-order valence-electron chi connectivity index (χ4n) is 7.82. The van der Waals surface area contributed by atoms with Crippen molar-refractivity contribution >= 4 is 49.0 Å². The topological polar surface area (TPSA) is 139 Å². The molecule has 2 fully saturated rings. The van der Waals surface area contributed by atoms with Crippen molar-refractivity contribution in [1.82, 2.24) is 19.9 Å². The number of benzene rings is 2. The number of nitrogens with zero attached hydrogens (tertiary/aromatic N) is 6. The minimum Gasteiger partial charge on any atom is -0.490 e. The van der Waals surface area contributed by atoms with Gasteiger partial charge in [-0.2, -0.15) is 28.4 Å². The van der Waals surface area contributed by atoms with Crippen molar-refractivity contribution in [3.05, 3.63) is 58.8 Å². The molecular weight excluding hydrogens is 723 g/mol. The van der Waals surface area contributed by atoms with Crippen molar-refractivity contribution < 1.29 is 35.8 Å². The number of thiophene rings is 1. The zero-order chi connectivity index (χ0) is 38.0. The van der Waals surface area contributed by atoms with Crippen LogP contribution in [0.3, 0.4) is 0 Å². The molecule has 2 aromatic carbocycles. The number of rotatable bonds is 4. The molecule has 17 heteroatoms. The van der Waals surface area contributed by atoms with E-state index in [1.165, 1.54) is 26.1 Å². The summed E-state index contributed by atoms with van der Waals surface area (Å²) in [4.78, 5) is 16.4. The number of alkyl halides is 4. The van der Waals surface area contributed by atoms with Gasteiger partial charge in [0.15, 0.2) is 5.82 Å². The zero-order valence-electron chi connectivity index (χ0n) is 28.8. The van der Waals surface area contributed by atoms with Gasteiger partial charge in [0.1, 0.15) is 58.1 Å². The molecule has 0 bridgehead atoms. The maximum Gasteiger partial charge on any atom is 0.420 e. The van der Waals surface area contributed by atoms with Gasteiger partial charge in [-0.15, -0.1) is 11.3 Å². The predicted molar refractivity (Wildman–Crippen MR) is 190 cm³/mol. The van der Waals surface area contributed by atoms with Crippen LogP contribution in [0.1, 0.15) is 55.8 Å². The molecule has 8 rings (SSSR count). The highest BCUT2D eigenvalue weighted by Crippen LogP contribution is 2.54. The van der Waals surface area contributed by atoms with E-state index in [0.29, 0.717) is 23.4 Å². The molecule has 53 heavy (non-hydrogen) atoms. The number of hydrogen-bond donors (Lipinski definition) is 2. The quantitative estimate of drug-likeness (QED) is 0.175. The van der Waals surface area contributed by atoms with Gasteiger partial charge in [0.2, 0.25) is 0 Å². The summed E-state index contributed by atoms with van der Waals surface area (Å²) >= 11 is 0.675. The normalized spacial score (nSPS) is 20.4. The van der Waals surface area contributed by atoms with Gasteiger partial charge in [-0.25, -0.2) is 18.2 Å². The highest BCUT2D eigenvalue weighted by Gasteiger charge is 2.45. The molecular formula is C36H34F6N8O2S. The number of anilines is 3. The summed E-state index contributed by atoms with van der Waals surface area (Å²) in [6.45, 7) is 5.51. The Labute approximate surface area is 303 Å². The molecule has 0 spiro atoms. The van der Waals surface area contributed by atoms with Crippen LogP contribution in [-0.4, -0.2) is 64.9 Å². The Morgan fingerprint density at radius 2 is 1.92 bits per heavy atom. The second-order valence-corrected chi connectivity index (χ2v) is 14.5. The van der Waals surface area contributed by atoms with Gasteiger partial charge < -0.3 is 25.8 Å². The molecule has 0 radical (unpaired) electrons. The highest BCUT2D eigenvalue weighted by molar-refractivity contribution is 7.23. The minimum absolute atomic E-state index is 0.0220. The van der Waals surface area contributed by atoms with Crippen molar-refractivity contribution in [2.24, 2.45) is 0 Å². The van der Waals surface area contributed by atoms with Crippen molar-refractivity contribution in [2.75, 3.05) is 49.7 Å². The summed E-state index contributed by atoms with van der Waals surface area (Å²) in [5.41, 5.74) is 9.15. The first kappa shape index (κ1) is 36.3. The van der Waals surface area contributed by atoms with Gasteiger partial charge in [-0.3, -0.25) is 4.90 Å². The Morgan fingerprint density at radius 1 is 1.15 bits per heavy atom. The van der Waals surface area contributed by atoms with E-state index in [4.69, 9.17) is 20.9 Å². The van der Waals surface area contributed by atoms with Gasteiger partial charge >= 0.3 is 12.2 Å². The van der Waals surface area contributed by atoms with Crippen LogP contribution in [0.5, 0.6) is 11.8 Å². The van der Waals surface area contributed by atoms with Crippen LogP contribution in [0.25, 0.3) is 32.1 Å². The van der Waals surface area contributed by atoms with E-state index in [-0.39, 0.29) is 62.4 Å². The average molecular weight is 757 g/mol. The number of nitriles is 1. The first-order valence-corrected chi connectivity index (χ1v) is 17.6. The largest absolute Gasteiger partial charge is 0.490 e. The van der Waals surface area contributed by atoms with Crippen molar-refractivity contribution in [3.63, 3.8) is 0 Å². The molecule has 0 amide bonds. The lowest BCUT2D eigenvalue weighted by Gasteiger charge is -2.30. The molecule has 0 saturated carbocycles. The zero-order valence-corrected chi connectivity index (χ0v) is 29.6. The van der Waals surface area contributed by atoms with E-state index in [1.807, 2.05) is 0 Å². The van der Waals surface area contributed by atoms with E-state index in [0.717, 1.165) is 25.1 Å². The number of fused-ring (bicyclic) bond motifs is 2. The standard InChI is InChI=1S/C28H20F5N7O2S.C8H14FN/c1-11(12-4-3-7-37-24(12)35)40-8-9-42-22-18-21(38-27(41-2)39-26(18)40)20(30)17(19(22)28(31,32)33)13-5-6-15(29)23-16(13)14(10-34)25(36)43-23;1-8-3-2-4-10(8)6-7(9)5-8/h3-7,11H,8-9,36H2,1-2H3,(H2,35,37);7H,2-6H2,1H3/t11-;7?,8-/m10/s1. The maximum atomic E-state index is 16.7. The lowest BCUT2D eigenvalue weighted by atomic mass is 9.91. The summed E-state index contributed by atoms with van der Waals surface area (Å²) in [5, 5.41) is 9.02. The first-order valence-electron chi connectivity index (χ1n) is 16.8. The van der Waals surface area contributed by atoms with Crippen LogP contribution in [0.15, 0.2) is 30.5 Å². The lowest BCUT2D eigenvalue weighted by Crippen LogP contribution is -2.34. The van der Waals surface area contributed by atoms with E-state index >= 15 is 17.6 Å². The predicted octanol–water partition coefficient (Wildman–Crippen LogP) is 7.79. The number of hydrogen-bond acceptors (Lipinski definition) is 11. The van der Waals surface area contributed by atoms with Crippen molar-refractivity contribution in [3.8, 4) is 29.0 Å². The molecule has 0 aliphatic carbocycles. The number of pyridine rings is 1. The minimum atomic E-state index is -5.18. The second-order valence-electron chi connectivity index (χ2n) is 13.4. The number of halogens is 6. The van der Waals surface area contributed by atoms with Gasteiger partial charge in [0.05, 0.1) is 35.3 Å². The van der Waals surface area contributed by atoms with Crippen LogP contribution in [-0.2, 0) is 6.18 Å². The van der Waals surface area contributed by atoms with E-state index in [1.54, 1.807) is 30.0 Å². The molecule has 3 atom stereocenters. The summed E-state index contributed by atoms with van der Waals surface area (Å²) in [5.74, 6) is -2.83. The molecule has 1 unspecified atom stereocenters. The molecule has 10 nitrogen and oxygen atoms in total. The van der Waals surface area contributed by atoms with Gasteiger partial charge in [0, 0.05) is 34.8 Å². The van der Waals surface area contributed by atoms with Gasteiger partial charge in [0.25, 0.3) is 0 Å². The maximum absolute atomic E-state index is 16.7. The first-order chi connectivity index (χ1) is 25.2. The summed E-state index contributed by atoms with van der Waals surface area (Å²) < 4.78 is 100. The Balaban J connectivity index is 0.000000373. The third-order valence-electron chi connectivity index (χ3n) is 10.3. The Morgan fingerprint density at radius 3 is 2.60 bits per heavy atom. The van der Waals surface area contributed by atoms with E-state index < -0.39 is 58.0 Å². The third kappa shape index (κ3) is 6.07.